The molecule has 2 atom stereocenters. The van der Waals surface area contributed by atoms with Crippen LogP contribution in [0.5, 0.6) is 0 Å². The van der Waals surface area contributed by atoms with Crippen LogP contribution in [0.1, 0.15) is 23.2 Å². The molecule has 12 nitrogen and oxygen atoms in total. The fourth-order valence-electron chi connectivity index (χ4n) is 4.81. The zero-order valence-electron chi connectivity index (χ0n) is 21.4. The van der Waals surface area contributed by atoms with E-state index in [2.05, 4.69) is 15.0 Å². The van der Waals surface area contributed by atoms with Crippen molar-refractivity contribution in [2.75, 3.05) is 13.1 Å². The van der Waals surface area contributed by atoms with Crippen molar-refractivity contribution < 1.29 is 22.8 Å². The molecule has 1 aliphatic rings. The summed E-state index contributed by atoms with van der Waals surface area (Å²) in [6.45, 7) is -0.450. The summed E-state index contributed by atoms with van der Waals surface area (Å²) in [5, 5.41) is 1.17. The van der Waals surface area contributed by atoms with Crippen LogP contribution in [-0.2, 0) is 19.6 Å². The van der Waals surface area contributed by atoms with E-state index in [1.54, 1.807) is 42.7 Å². The number of aromatic nitrogens is 3. The second-order valence-electron chi connectivity index (χ2n) is 9.46. The van der Waals surface area contributed by atoms with E-state index in [9.17, 15) is 22.8 Å². The van der Waals surface area contributed by atoms with E-state index >= 15 is 0 Å². The average Bonchev–Trinajstić information content (AvgIpc) is 3.37. The summed E-state index contributed by atoms with van der Waals surface area (Å²) in [4.78, 5) is 51.7. The Bertz CT molecular complexity index is 1710. The molecule has 41 heavy (non-hydrogen) atoms. The molecule has 1 aliphatic heterocycles. The van der Waals surface area contributed by atoms with Crippen molar-refractivity contribution in [1.82, 2.24) is 24.2 Å². The highest BCUT2D eigenvalue weighted by Crippen LogP contribution is 2.35. The van der Waals surface area contributed by atoms with E-state index in [4.69, 9.17) is 23.1 Å². The lowest BCUT2D eigenvalue weighted by atomic mass is 10.0. The number of nitrogens with two attached hydrogens (primary N) is 2. The molecule has 15 heteroatoms. The number of sulfonamides is 1. The fourth-order valence-corrected chi connectivity index (χ4v) is 8.15. The van der Waals surface area contributed by atoms with Crippen LogP contribution in [0.4, 0.5) is 0 Å². The summed E-state index contributed by atoms with van der Waals surface area (Å²) < 4.78 is 29.4. The molecule has 0 aliphatic carbocycles. The number of thiophene rings is 1. The first-order valence-corrected chi connectivity index (χ1v) is 15.0. The lowest BCUT2D eigenvalue weighted by molar-refractivity contribution is -0.120. The minimum atomic E-state index is -4.09. The van der Waals surface area contributed by atoms with Crippen molar-refractivity contribution in [2.24, 2.45) is 11.5 Å². The first-order chi connectivity index (χ1) is 19.5. The molecule has 1 saturated heterocycles. The molecule has 4 N–H and O–H groups in total. The number of fused-ring (bicyclic) bond motifs is 1. The molecular formula is C26H24ClN7O5S2. The minimum absolute atomic E-state index is 0.0605. The number of amides is 3. The van der Waals surface area contributed by atoms with Crippen LogP contribution < -0.4 is 11.5 Å². The van der Waals surface area contributed by atoms with Gasteiger partial charge >= 0.3 is 0 Å². The molecule has 3 aromatic heterocycles. The lowest BCUT2D eigenvalue weighted by Gasteiger charge is -2.45. The van der Waals surface area contributed by atoms with Crippen LogP contribution in [0.15, 0.2) is 65.4 Å². The van der Waals surface area contributed by atoms with Gasteiger partial charge in [-0.2, -0.15) is 4.31 Å². The van der Waals surface area contributed by atoms with Gasteiger partial charge in [0, 0.05) is 66.0 Å². The van der Waals surface area contributed by atoms with E-state index in [0.717, 1.165) is 15.6 Å². The predicted octanol–water partition coefficient (Wildman–Crippen LogP) is 2.04. The van der Waals surface area contributed by atoms with Crippen LogP contribution in [0.2, 0.25) is 5.02 Å². The van der Waals surface area contributed by atoms with Crippen molar-refractivity contribution >= 4 is 60.8 Å². The summed E-state index contributed by atoms with van der Waals surface area (Å²) in [6, 6.07) is 8.07. The largest absolute Gasteiger partial charge is 0.370 e. The van der Waals surface area contributed by atoms with Gasteiger partial charge in [0.05, 0.1) is 17.6 Å². The highest BCUT2D eigenvalue weighted by atomic mass is 35.5. The van der Waals surface area contributed by atoms with Crippen molar-refractivity contribution in [3.05, 3.63) is 71.8 Å². The van der Waals surface area contributed by atoms with Crippen LogP contribution in [0.3, 0.4) is 0 Å². The van der Waals surface area contributed by atoms with Crippen molar-refractivity contribution in [3.8, 4) is 11.4 Å². The van der Waals surface area contributed by atoms with Crippen molar-refractivity contribution in [1.29, 1.82) is 0 Å². The summed E-state index contributed by atoms with van der Waals surface area (Å²) in [5.74, 6) is -1.71. The highest BCUT2D eigenvalue weighted by Gasteiger charge is 2.43. The molecule has 4 heterocycles. The van der Waals surface area contributed by atoms with Gasteiger partial charge in [-0.3, -0.25) is 19.4 Å². The van der Waals surface area contributed by atoms with Gasteiger partial charge in [0.15, 0.2) is 5.82 Å². The Hall–Kier alpha value is -3.98. The summed E-state index contributed by atoms with van der Waals surface area (Å²) in [5.41, 5.74) is 11.8. The van der Waals surface area contributed by atoms with Gasteiger partial charge in [0.2, 0.25) is 11.8 Å². The summed E-state index contributed by atoms with van der Waals surface area (Å²) in [7, 11) is -4.09. The summed E-state index contributed by atoms with van der Waals surface area (Å²) >= 11 is 7.12. The number of benzene rings is 1. The summed E-state index contributed by atoms with van der Waals surface area (Å²) in [6.07, 6.45) is 5.15. The minimum Gasteiger partial charge on any atom is -0.370 e. The number of hydrogen-bond acceptors (Lipinski definition) is 9. The lowest BCUT2D eigenvalue weighted by Crippen LogP contribution is -2.62. The second-order valence-corrected chi connectivity index (χ2v) is 13.1. The van der Waals surface area contributed by atoms with Crippen LogP contribution in [0, 0.1) is 0 Å². The Morgan fingerprint density at radius 1 is 0.951 bits per heavy atom. The number of carbonyl (C=O) groups is 3. The molecule has 1 aromatic carbocycles. The van der Waals surface area contributed by atoms with Crippen LogP contribution in [0.25, 0.3) is 21.5 Å². The molecule has 0 spiro atoms. The van der Waals surface area contributed by atoms with Gasteiger partial charge in [-0.15, -0.1) is 11.3 Å². The third kappa shape index (κ3) is 6.05. The maximum atomic E-state index is 13.8. The molecule has 5 rings (SSSR count). The van der Waals surface area contributed by atoms with Crippen LogP contribution in [-0.4, -0.2) is 75.5 Å². The average molecular weight is 614 g/mol. The molecule has 1 fully saturated rings. The third-order valence-electron chi connectivity index (χ3n) is 6.61. The smallest absolute Gasteiger partial charge is 0.257 e. The quantitative estimate of drug-likeness (QED) is 0.302. The first kappa shape index (κ1) is 28.5. The zero-order chi connectivity index (χ0) is 29.3. The molecule has 0 radical (unpaired) electrons. The number of piperazine rings is 1. The van der Waals surface area contributed by atoms with Gasteiger partial charge < -0.3 is 16.4 Å². The van der Waals surface area contributed by atoms with E-state index in [1.165, 1.54) is 23.4 Å². The number of nitrogens with zero attached hydrogens (tertiary/aromatic N) is 5. The number of halogens is 1. The van der Waals surface area contributed by atoms with Gasteiger partial charge in [-0.1, -0.05) is 17.7 Å². The standard InChI is InChI=1S/C26H24ClN7O5S2/c27-18-2-1-16-7-24(40-21(16)8-18)41(38,39)33-13-19(9-22(28)35)34(20(14-33)10-23(29)36)26(37)17-11-31-25(32-12-17)15-3-5-30-6-4-15/h1-8,11-12,19-20H,9-10,13-14H2,(H2,28,35)(H2,29,36). The second kappa shape index (κ2) is 11.5. The normalized spacial score (nSPS) is 17.9. The van der Waals surface area contributed by atoms with E-state index in [-0.39, 0.29) is 35.7 Å². The number of hydrogen-bond donors (Lipinski definition) is 2. The number of carbonyl (C=O) groups excluding carboxylic acids is 3. The SMILES string of the molecule is NC(=O)CC1CN(S(=O)(=O)c2cc3ccc(Cl)cc3s2)CC(CC(N)=O)N1C(=O)c1cnc(-c2ccncc2)nc1. The maximum Gasteiger partial charge on any atom is 0.257 e. The Kier molecular flexibility index (Phi) is 8.00. The van der Waals surface area contributed by atoms with Gasteiger partial charge in [-0.25, -0.2) is 18.4 Å². The topological polar surface area (TPSA) is 183 Å². The van der Waals surface area contributed by atoms with Gasteiger partial charge in [-0.05, 0) is 35.7 Å². The molecule has 0 bridgehead atoms. The van der Waals surface area contributed by atoms with E-state index < -0.39 is 39.8 Å². The Morgan fingerprint density at radius 3 is 2.15 bits per heavy atom. The van der Waals surface area contributed by atoms with Gasteiger partial charge in [0.25, 0.3) is 15.9 Å². The maximum absolute atomic E-state index is 13.8. The third-order valence-corrected chi connectivity index (χ3v) is 10.2. The molecule has 4 aromatic rings. The van der Waals surface area contributed by atoms with E-state index in [0.29, 0.717) is 26.5 Å². The molecule has 0 saturated carbocycles. The highest BCUT2D eigenvalue weighted by molar-refractivity contribution is 7.91. The monoisotopic (exact) mass is 613 g/mol. The fraction of sp³-hybridized carbons (Fsp3) is 0.231. The number of rotatable bonds is 8. The molecule has 212 valence electrons. The zero-order valence-corrected chi connectivity index (χ0v) is 23.8. The predicted molar refractivity (Wildman–Crippen MR) is 152 cm³/mol. The number of pyridine rings is 1. The van der Waals surface area contributed by atoms with Crippen molar-refractivity contribution in [2.45, 2.75) is 29.1 Å². The number of primary amides is 2. The van der Waals surface area contributed by atoms with Crippen LogP contribution >= 0.6 is 22.9 Å². The molecular weight excluding hydrogens is 590 g/mol. The molecule has 3 amide bonds. The Morgan fingerprint density at radius 2 is 1.56 bits per heavy atom. The molecule has 2 unspecified atom stereocenters. The Balaban J connectivity index is 1.48. The van der Waals surface area contributed by atoms with E-state index in [1.807, 2.05) is 0 Å². The van der Waals surface area contributed by atoms with Crippen molar-refractivity contribution in [3.63, 3.8) is 0 Å². The Labute approximate surface area is 244 Å². The first-order valence-electron chi connectivity index (χ1n) is 12.3. The van der Waals surface area contributed by atoms with Gasteiger partial charge in [0.1, 0.15) is 4.21 Å².